The van der Waals surface area contributed by atoms with Crippen LogP contribution in [0.1, 0.15) is 19.3 Å². The summed E-state index contributed by atoms with van der Waals surface area (Å²) < 4.78 is 3.49. The summed E-state index contributed by atoms with van der Waals surface area (Å²) in [5, 5.41) is 16.0. The highest BCUT2D eigenvalue weighted by Gasteiger charge is 2.22. The number of aromatic nitrogens is 5. The number of hydrogen-bond donors (Lipinski definition) is 1. The van der Waals surface area contributed by atoms with E-state index in [1.54, 1.807) is 18.3 Å². The van der Waals surface area contributed by atoms with Crippen molar-refractivity contribution >= 4 is 11.6 Å². The van der Waals surface area contributed by atoms with Gasteiger partial charge in [-0.25, -0.2) is 4.68 Å². The SMILES string of the molecule is O=c1cccnn1CCN1CCCCC1CNc1nnc2ccccn12. The van der Waals surface area contributed by atoms with Crippen LogP contribution >= 0.6 is 0 Å². The number of likely N-dealkylation sites (tertiary alicyclic amines) is 1. The van der Waals surface area contributed by atoms with Gasteiger partial charge in [-0.05, 0) is 37.6 Å². The van der Waals surface area contributed by atoms with Crippen molar-refractivity contribution in [1.82, 2.24) is 29.3 Å². The maximum atomic E-state index is 11.8. The molecule has 1 N–H and O–H groups in total. The Kier molecular flexibility index (Phi) is 4.92. The molecule has 1 atom stereocenters. The van der Waals surface area contributed by atoms with Crippen LogP contribution in [0.4, 0.5) is 5.95 Å². The maximum Gasteiger partial charge on any atom is 0.266 e. The molecule has 8 nitrogen and oxygen atoms in total. The number of rotatable bonds is 6. The molecular formula is C18H23N7O. The number of nitrogens with one attached hydrogen (secondary N) is 1. The second-order valence-corrected chi connectivity index (χ2v) is 6.60. The van der Waals surface area contributed by atoms with Crippen LogP contribution in [0.2, 0.25) is 0 Å². The monoisotopic (exact) mass is 353 g/mol. The molecule has 26 heavy (non-hydrogen) atoms. The van der Waals surface area contributed by atoms with Gasteiger partial charge in [-0.1, -0.05) is 12.5 Å². The fraction of sp³-hybridized carbons (Fsp3) is 0.444. The second kappa shape index (κ2) is 7.65. The third-order valence-corrected chi connectivity index (χ3v) is 4.94. The molecule has 1 saturated heterocycles. The van der Waals surface area contributed by atoms with Crippen molar-refractivity contribution in [2.45, 2.75) is 31.8 Å². The third-order valence-electron chi connectivity index (χ3n) is 4.94. The Morgan fingerprint density at radius 3 is 3.00 bits per heavy atom. The molecule has 4 rings (SSSR count). The van der Waals surface area contributed by atoms with Crippen LogP contribution < -0.4 is 10.9 Å². The highest BCUT2D eigenvalue weighted by atomic mass is 16.1. The first kappa shape index (κ1) is 16.7. The quantitative estimate of drug-likeness (QED) is 0.718. The molecule has 0 amide bonds. The first-order valence-electron chi connectivity index (χ1n) is 9.11. The molecule has 0 saturated carbocycles. The Morgan fingerprint density at radius 2 is 2.08 bits per heavy atom. The lowest BCUT2D eigenvalue weighted by molar-refractivity contribution is 0.148. The largest absolute Gasteiger partial charge is 0.352 e. The molecule has 1 aliphatic rings. The van der Waals surface area contributed by atoms with Crippen molar-refractivity contribution in [1.29, 1.82) is 0 Å². The molecule has 4 heterocycles. The summed E-state index contributed by atoms with van der Waals surface area (Å²) in [6.45, 7) is 3.30. The van der Waals surface area contributed by atoms with Crippen LogP contribution in [0.3, 0.4) is 0 Å². The van der Waals surface area contributed by atoms with Crippen LogP contribution in [0.25, 0.3) is 5.65 Å². The molecule has 8 heteroatoms. The molecule has 0 spiro atoms. The van der Waals surface area contributed by atoms with Crippen molar-refractivity contribution in [2.75, 3.05) is 25.0 Å². The van der Waals surface area contributed by atoms with E-state index in [4.69, 9.17) is 0 Å². The average Bonchev–Trinajstić information content (AvgIpc) is 3.10. The van der Waals surface area contributed by atoms with Gasteiger partial charge in [0.15, 0.2) is 5.65 Å². The minimum Gasteiger partial charge on any atom is -0.352 e. The van der Waals surface area contributed by atoms with E-state index in [2.05, 4.69) is 25.5 Å². The first-order chi connectivity index (χ1) is 12.8. The number of nitrogens with zero attached hydrogens (tertiary/aromatic N) is 6. The summed E-state index contributed by atoms with van der Waals surface area (Å²) >= 11 is 0. The third kappa shape index (κ3) is 3.60. The smallest absolute Gasteiger partial charge is 0.266 e. The number of pyridine rings is 1. The minimum absolute atomic E-state index is 0.0471. The molecule has 1 unspecified atom stereocenters. The topological polar surface area (TPSA) is 80.3 Å². The zero-order valence-electron chi connectivity index (χ0n) is 14.7. The van der Waals surface area contributed by atoms with E-state index in [0.29, 0.717) is 12.6 Å². The molecule has 1 fully saturated rings. The maximum absolute atomic E-state index is 11.8. The number of hydrogen-bond acceptors (Lipinski definition) is 6. The normalized spacial score (nSPS) is 18.2. The summed E-state index contributed by atoms with van der Waals surface area (Å²) in [6, 6.07) is 9.51. The lowest BCUT2D eigenvalue weighted by Crippen LogP contribution is -2.45. The van der Waals surface area contributed by atoms with Crippen LogP contribution in [-0.2, 0) is 6.54 Å². The van der Waals surface area contributed by atoms with Gasteiger partial charge in [0.1, 0.15) is 0 Å². The highest BCUT2D eigenvalue weighted by Crippen LogP contribution is 2.17. The zero-order valence-corrected chi connectivity index (χ0v) is 14.7. The Morgan fingerprint density at radius 1 is 1.12 bits per heavy atom. The summed E-state index contributed by atoms with van der Waals surface area (Å²) in [5.74, 6) is 0.770. The van der Waals surface area contributed by atoms with Crippen LogP contribution in [-0.4, -0.2) is 55.0 Å². The number of piperidine rings is 1. The molecule has 0 aromatic carbocycles. The van der Waals surface area contributed by atoms with Crippen LogP contribution in [0.15, 0.2) is 47.5 Å². The van der Waals surface area contributed by atoms with E-state index >= 15 is 0 Å². The number of fused-ring (bicyclic) bond motifs is 1. The van der Waals surface area contributed by atoms with Gasteiger partial charge in [-0.15, -0.1) is 10.2 Å². The van der Waals surface area contributed by atoms with Crippen molar-refractivity contribution in [3.8, 4) is 0 Å². The highest BCUT2D eigenvalue weighted by molar-refractivity contribution is 5.44. The lowest BCUT2D eigenvalue weighted by atomic mass is 10.0. The Balaban J connectivity index is 1.39. The summed E-state index contributed by atoms with van der Waals surface area (Å²) in [5.41, 5.74) is 0.791. The van der Waals surface area contributed by atoms with Crippen molar-refractivity contribution < 1.29 is 0 Å². The fourth-order valence-electron chi connectivity index (χ4n) is 3.53. The average molecular weight is 353 g/mol. The standard InChI is InChI=1S/C18H23N7O/c26-17-8-5-9-20-25(17)13-12-23-10-3-1-6-15(23)14-19-18-22-21-16-7-2-4-11-24(16)18/h2,4-5,7-9,11,15H,1,3,6,10,12-14H2,(H,19,22). The molecule has 1 aliphatic heterocycles. The van der Waals surface area contributed by atoms with Crippen LogP contribution in [0, 0.1) is 0 Å². The molecule has 0 bridgehead atoms. The van der Waals surface area contributed by atoms with E-state index in [9.17, 15) is 4.79 Å². The van der Waals surface area contributed by atoms with E-state index in [0.717, 1.165) is 37.7 Å². The van der Waals surface area contributed by atoms with Gasteiger partial charge in [0.05, 0.1) is 6.54 Å². The van der Waals surface area contributed by atoms with Crippen molar-refractivity contribution in [2.24, 2.45) is 0 Å². The van der Waals surface area contributed by atoms with Crippen molar-refractivity contribution in [3.05, 3.63) is 53.1 Å². The Labute approximate surface area is 151 Å². The Hall–Kier alpha value is -2.74. The molecule has 3 aromatic heterocycles. The lowest BCUT2D eigenvalue weighted by Gasteiger charge is -2.35. The van der Waals surface area contributed by atoms with E-state index in [1.807, 2.05) is 28.8 Å². The van der Waals surface area contributed by atoms with Gasteiger partial charge in [0.2, 0.25) is 5.95 Å². The minimum atomic E-state index is -0.0471. The Bertz CT molecular complexity index is 919. The molecule has 0 aliphatic carbocycles. The zero-order chi connectivity index (χ0) is 17.8. The summed E-state index contributed by atoms with van der Waals surface area (Å²) in [7, 11) is 0. The predicted octanol–water partition coefficient (Wildman–Crippen LogP) is 1.25. The molecular weight excluding hydrogens is 330 g/mol. The van der Waals surface area contributed by atoms with E-state index in [-0.39, 0.29) is 5.56 Å². The van der Waals surface area contributed by atoms with Crippen LogP contribution in [0.5, 0.6) is 0 Å². The molecule has 0 radical (unpaired) electrons. The van der Waals surface area contributed by atoms with E-state index < -0.39 is 0 Å². The van der Waals surface area contributed by atoms with Gasteiger partial charge >= 0.3 is 0 Å². The molecule has 3 aromatic rings. The van der Waals surface area contributed by atoms with Gasteiger partial charge in [-0.2, -0.15) is 5.10 Å². The summed E-state index contributed by atoms with van der Waals surface area (Å²) in [4.78, 5) is 14.3. The predicted molar refractivity (Wildman–Crippen MR) is 99.2 cm³/mol. The van der Waals surface area contributed by atoms with Crippen molar-refractivity contribution in [3.63, 3.8) is 0 Å². The fourth-order valence-corrected chi connectivity index (χ4v) is 3.53. The van der Waals surface area contributed by atoms with E-state index in [1.165, 1.54) is 17.5 Å². The summed E-state index contributed by atoms with van der Waals surface area (Å²) in [6.07, 6.45) is 7.19. The van der Waals surface area contributed by atoms with Gasteiger partial charge < -0.3 is 5.32 Å². The first-order valence-corrected chi connectivity index (χ1v) is 9.11. The van der Waals surface area contributed by atoms with Gasteiger partial charge in [-0.3, -0.25) is 14.1 Å². The molecule has 136 valence electrons. The van der Waals surface area contributed by atoms with Gasteiger partial charge in [0, 0.05) is 37.6 Å². The number of anilines is 1. The second-order valence-electron chi connectivity index (χ2n) is 6.60. The van der Waals surface area contributed by atoms with Gasteiger partial charge in [0.25, 0.3) is 5.56 Å².